The van der Waals surface area contributed by atoms with Crippen molar-refractivity contribution in [1.29, 1.82) is 0 Å². The van der Waals surface area contributed by atoms with Crippen LogP contribution in [-0.4, -0.2) is 7.05 Å². The molecule has 0 unspecified atom stereocenters. The number of hydrogen-bond donors (Lipinski definition) is 1. The fourth-order valence-corrected chi connectivity index (χ4v) is 1.22. The van der Waals surface area contributed by atoms with Gasteiger partial charge < -0.3 is 5.32 Å². The first-order chi connectivity index (χ1) is 5.74. The lowest BCUT2D eigenvalue weighted by Crippen LogP contribution is -2.04. The largest absolute Gasteiger partial charge is 0.316 e. The average Bonchev–Trinajstić information content (AvgIpc) is 2.06. The van der Waals surface area contributed by atoms with Crippen LogP contribution >= 0.6 is 0 Å². The summed E-state index contributed by atoms with van der Waals surface area (Å²) in [6, 6.07) is 8.78. The Morgan fingerprint density at radius 3 is 2.25 bits per heavy atom. The molecule has 1 N–H and O–H groups in total. The lowest BCUT2D eigenvalue weighted by atomic mass is 10.0. The van der Waals surface area contributed by atoms with E-state index in [1.165, 1.54) is 11.1 Å². The monoisotopic (exact) mass is 165 g/mol. The van der Waals surface area contributed by atoms with Crippen LogP contribution in [0.3, 0.4) is 0 Å². The standard InChI is InChI=1S/C11H17N.H2/c1-9(2)11-6-4-10(5-7-11)8-12-3;/h4-7,9,12H,8H2,1-3H3;1H. The Morgan fingerprint density at radius 2 is 1.83 bits per heavy atom. The van der Waals surface area contributed by atoms with Gasteiger partial charge >= 0.3 is 0 Å². The summed E-state index contributed by atoms with van der Waals surface area (Å²) in [6.07, 6.45) is 0. The molecule has 0 heterocycles. The minimum atomic E-state index is 0. The molecule has 0 radical (unpaired) electrons. The van der Waals surface area contributed by atoms with Gasteiger partial charge in [0.25, 0.3) is 0 Å². The van der Waals surface area contributed by atoms with Crippen molar-refractivity contribution in [3.63, 3.8) is 0 Å². The van der Waals surface area contributed by atoms with Crippen molar-refractivity contribution < 1.29 is 1.43 Å². The lowest BCUT2D eigenvalue weighted by Gasteiger charge is -2.06. The summed E-state index contributed by atoms with van der Waals surface area (Å²) in [5, 5.41) is 3.13. The molecule has 0 saturated carbocycles. The van der Waals surface area contributed by atoms with E-state index in [9.17, 15) is 0 Å². The topological polar surface area (TPSA) is 12.0 Å². The Bertz CT molecular complexity index is 228. The number of hydrogen-bond acceptors (Lipinski definition) is 1. The van der Waals surface area contributed by atoms with E-state index in [1.54, 1.807) is 0 Å². The minimum absolute atomic E-state index is 0. The SMILES string of the molecule is CNCc1ccc(C(C)C)cc1.[HH]. The second-order valence-corrected chi connectivity index (χ2v) is 3.43. The maximum absolute atomic E-state index is 3.13. The molecule has 0 aliphatic heterocycles. The summed E-state index contributed by atoms with van der Waals surface area (Å²) in [6.45, 7) is 5.39. The van der Waals surface area contributed by atoms with Gasteiger partial charge in [-0.05, 0) is 24.1 Å². The quantitative estimate of drug-likeness (QED) is 0.726. The second-order valence-electron chi connectivity index (χ2n) is 3.43. The molecule has 1 rings (SSSR count). The number of nitrogens with one attached hydrogen (secondary N) is 1. The van der Waals surface area contributed by atoms with Crippen molar-refractivity contribution in [1.82, 2.24) is 5.32 Å². The maximum atomic E-state index is 3.13. The Kier molecular flexibility index (Phi) is 3.30. The van der Waals surface area contributed by atoms with Crippen LogP contribution in [0.5, 0.6) is 0 Å². The Morgan fingerprint density at radius 1 is 1.25 bits per heavy atom. The molecule has 0 saturated heterocycles. The highest BCUT2D eigenvalue weighted by Crippen LogP contribution is 2.14. The third-order valence-electron chi connectivity index (χ3n) is 2.03. The summed E-state index contributed by atoms with van der Waals surface area (Å²) >= 11 is 0. The van der Waals surface area contributed by atoms with Gasteiger partial charge in [-0.25, -0.2) is 0 Å². The fraction of sp³-hybridized carbons (Fsp3) is 0.455. The first-order valence-corrected chi connectivity index (χ1v) is 4.47. The summed E-state index contributed by atoms with van der Waals surface area (Å²) in [7, 11) is 1.97. The third-order valence-corrected chi connectivity index (χ3v) is 2.03. The van der Waals surface area contributed by atoms with E-state index in [0.29, 0.717) is 5.92 Å². The van der Waals surface area contributed by atoms with Crippen molar-refractivity contribution in [3.8, 4) is 0 Å². The van der Waals surface area contributed by atoms with Gasteiger partial charge in [0.15, 0.2) is 0 Å². The molecule has 0 aliphatic carbocycles. The van der Waals surface area contributed by atoms with Gasteiger partial charge in [0.1, 0.15) is 0 Å². The van der Waals surface area contributed by atoms with E-state index in [-0.39, 0.29) is 1.43 Å². The van der Waals surface area contributed by atoms with Crippen molar-refractivity contribution in [2.45, 2.75) is 26.3 Å². The van der Waals surface area contributed by atoms with Crippen LogP contribution in [0.2, 0.25) is 0 Å². The predicted octanol–water partition coefficient (Wildman–Crippen LogP) is 2.78. The van der Waals surface area contributed by atoms with E-state index >= 15 is 0 Å². The zero-order valence-electron chi connectivity index (χ0n) is 8.09. The van der Waals surface area contributed by atoms with Gasteiger partial charge in [-0.1, -0.05) is 38.1 Å². The van der Waals surface area contributed by atoms with E-state index < -0.39 is 0 Å². The Hall–Kier alpha value is -0.820. The molecule has 68 valence electrons. The predicted molar refractivity (Wildman–Crippen MR) is 55.4 cm³/mol. The molecule has 0 spiro atoms. The third kappa shape index (κ3) is 2.35. The van der Waals surface area contributed by atoms with Crippen LogP contribution in [-0.2, 0) is 6.54 Å². The molecule has 0 fully saturated rings. The number of benzene rings is 1. The molecule has 1 aromatic carbocycles. The van der Waals surface area contributed by atoms with Crippen LogP contribution < -0.4 is 5.32 Å². The maximum Gasteiger partial charge on any atom is 0.0202 e. The molecule has 0 amide bonds. The Balaban J connectivity index is 0.00000144. The van der Waals surface area contributed by atoms with E-state index in [4.69, 9.17) is 0 Å². The summed E-state index contributed by atoms with van der Waals surface area (Å²) in [5.41, 5.74) is 2.76. The zero-order valence-corrected chi connectivity index (χ0v) is 8.09. The van der Waals surface area contributed by atoms with Crippen LogP contribution in [0, 0.1) is 0 Å². The number of rotatable bonds is 3. The van der Waals surface area contributed by atoms with Crippen LogP contribution in [0.4, 0.5) is 0 Å². The van der Waals surface area contributed by atoms with Gasteiger partial charge in [-0.2, -0.15) is 0 Å². The van der Waals surface area contributed by atoms with Gasteiger partial charge in [0.05, 0.1) is 0 Å². The van der Waals surface area contributed by atoms with E-state index in [2.05, 4.69) is 43.4 Å². The minimum Gasteiger partial charge on any atom is -0.316 e. The van der Waals surface area contributed by atoms with Crippen LogP contribution in [0.15, 0.2) is 24.3 Å². The molecule has 0 aliphatic rings. The molecule has 0 bridgehead atoms. The molecular formula is C11H19N. The lowest BCUT2D eigenvalue weighted by molar-refractivity contribution is 0.813. The van der Waals surface area contributed by atoms with E-state index in [0.717, 1.165) is 6.54 Å². The van der Waals surface area contributed by atoms with Crippen molar-refractivity contribution in [2.75, 3.05) is 7.05 Å². The first kappa shape index (κ1) is 9.27. The summed E-state index contributed by atoms with van der Waals surface area (Å²) in [5.74, 6) is 0.633. The van der Waals surface area contributed by atoms with Crippen molar-refractivity contribution in [2.24, 2.45) is 0 Å². The highest BCUT2D eigenvalue weighted by Gasteiger charge is 1.97. The molecule has 1 heteroatoms. The smallest absolute Gasteiger partial charge is 0.0202 e. The van der Waals surface area contributed by atoms with Crippen molar-refractivity contribution >= 4 is 0 Å². The highest BCUT2D eigenvalue weighted by molar-refractivity contribution is 5.24. The fourth-order valence-electron chi connectivity index (χ4n) is 1.22. The molecule has 1 nitrogen and oxygen atoms in total. The normalized spacial score (nSPS) is 10.7. The highest BCUT2D eigenvalue weighted by atomic mass is 14.8. The van der Waals surface area contributed by atoms with E-state index in [1.807, 2.05) is 7.05 Å². The summed E-state index contributed by atoms with van der Waals surface area (Å²) < 4.78 is 0. The van der Waals surface area contributed by atoms with Gasteiger partial charge in [0, 0.05) is 7.97 Å². The van der Waals surface area contributed by atoms with Gasteiger partial charge in [-0.3, -0.25) is 0 Å². The van der Waals surface area contributed by atoms with Gasteiger partial charge in [0.2, 0.25) is 0 Å². The average molecular weight is 165 g/mol. The molecule has 1 aromatic rings. The van der Waals surface area contributed by atoms with Crippen molar-refractivity contribution in [3.05, 3.63) is 35.4 Å². The Labute approximate surface area is 76.3 Å². The van der Waals surface area contributed by atoms with Gasteiger partial charge in [-0.15, -0.1) is 0 Å². The molecule has 0 aromatic heterocycles. The molecule has 0 atom stereocenters. The van der Waals surface area contributed by atoms with Crippen LogP contribution in [0.1, 0.15) is 32.3 Å². The summed E-state index contributed by atoms with van der Waals surface area (Å²) in [4.78, 5) is 0. The van der Waals surface area contributed by atoms with Crippen LogP contribution in [0.25, 0.3) is 0 Å². The first-order valence-electron chi connectivity index (χ1n) is 4.47. The zero-order chi connectivity index (χ0) is 8.97. The molecule has 12 heavy (non-hydrogen) atoms. The molecular weight excluding hydrogens is 146 g/mol. The second kappa shape index (κ2) is 4.27.